The van der Waals surface area contributed by atoms with Gasteiger partial charge in [0.15, 0.2) is 11.4 Å². The van der Waals surface area contributed by atoms with Crippen molar-refractivity contribution >= 4 is 27.5 Å². The van der Waals surface area contributed by atoms with Crippen LogP contribution in [-0.2, 0) is 11.8 Å². The second-order valence-corrected chi connectivity index (χ2v) is 5.71. The summed E-state index contributed by atoms with van der Waals surface area (Å²) in [5.74, 6) is -0.714. The van der Waals surface area contributed by atoms with Crippen molar-refractivity contribution in [1.29, 1.82) is 0 Å². The number of anilines is 1. The molecule has 0 saturated carbocycles. The molecule has 0 radical (unpaired) electrons. The van der Waals surface area contributed by atoms with Crippen molar-refractivity contribution in [2.75, 3.05) is 25.6 Å². The number of hydrogen-bond donors (Lipinski definition) is 1. The third-order valence-corrected chi connectivity index (χ3v) is 4.02. The van der Waals surface area contributed by atoms with Gasteiger partial charge in [-0.15, -0.1) is 0 Å². The van der Waals surface area contributed by atoms with E-state index in [1.165, 1.54) is 16.9 Å². The Hall–Kier alpha value is -1.93. The summed E-state index contributed by atoms with van der Waals surface area (Å²) in [5.41, 5.74) is 1.11. The third-order valence-electron chi connectivity index (χ3n) is 3.16. The lowest BCUT2D eigenvalue weighted by atomic mass is 10.2. The van der Waals surface area contributed by atoms with E-state index in [0.717, 1.165) is 5.56 Å². The monoisotopic (exact) mass is 385 g/mol. The number of rotatable bonds is 6. The minimum Gasteiger partial charge on any atom is -0.487 e. The van der Waals surface area contributed by atoms with Crippen LogP contribution < -0.4 is 10.1 Å². The molecule has 0 bridgehead atoms. The van der Waals surface area contributed by atoms with Crippen LogP contribution in [0, 0.1) is 12.7 Å². The Morgan fingerprint density at radius 1 is 1.43 bits per heavy atom. The van der Waals surface area contributed by atoms with Crippen molar-refractivity contribution in [2.45, 2.75) is 6.92 Å². The van der Waals surface area contributed by atoms with Gasteiger partial charge in [-0.1, -0.05) is 15.9 Å². The average molecular weight is 386 g/mol. The number of benzene rings is 1. The number of aromatic nitrogens is 2. The van der Waals surface area contributed by atoms with Crippen LogP contribution in [0.1, 0.15) is 16.1 Å². The minimum absolute atomic E-state index is 0.0970. The highest BCUT2D eigenvalue weighted by atomic mass is 79.9. The zero-order chi connectivity index (χ0) is 17.0. The molecule has 124 valence electrons. The predicted molar refractivity (Wildman–Crippen MR) is 87.4 cm³/mol. The second kappa shape index (κ2) is 7.56. The van der Waals surface area contributed by atoms with Gasteiger partial charge in [-0.3, -0.25) is 9.48 Å². The van der Waals surface area contributed by atoms with Gasteiger partial charge >= 0.3 is 0 Å². The highest BCUT2D eigenvalue weighted by Crippen LogP contribution is 2.25. The number of carbonyl (C=O) groups excluding carboxylic acids is 1. The molecule has 6 nitrogen and oxygen atoms in total. The Kier molecular flexibility index (Phi) is 5.73. The summed E-state index contributed by atoms with van der Waals surface area (Å²) in [6, 6.07) is 2.86. The molecular formula is C15H17BrFN3O3. The summed E-state index contributed by atoms with van der Waals surface area (Å²) in [5, 5.41) is 6.55. The summed E-state index contributed by atoms with van der Waals surface area (Å²) in [6.45, 7) is 2.48. The van der Waals surface area contributed by atoms with Gasteiger partial charge in [-0.25, -0.2) is 4.39 Å². The predicted octanol–water partition coefficient (Wildman–Crippen LogP) is 2.91. The summed E-state index contributed by atoms with van der Waals surface area (Å²) in [7, 11) is 3.17. The maximum Gasteiger partial charge on any atom is 0.277 e. The number of halogens is 2. The number of nitrogens with one attached hydrogen (secondary N) is 1. The first-order valence-corrected chi connectivity index (χ1v) is 7.64. The molecule has 0 aliphatic heterocycles. The molecule has 1 amide bonds. The van der Waals surface area contributed by atoms with Gasteiger partial charge in [0.2, 0.25) is 0 Å². The van der Waals surface area contributed by atoms with Gasteiger partial charge in [0, 0.05) is 18.6 Å². The van der Waals surface area contributed by atoms with Crippen molar-refractivity contribution < 1.29 is 18.7 Å². The smallest absolute Gasteiger partial charge is 0.277 e. The van der Waals surface area contributed by atoms with Crippen molar-refractivity contribution in [3.63, 3.8) is 0 Å². The molecule has 0 unspecified atom stereocenters. The first-order valence-electron chi connectivity index (χ1n) is 6.84. The molecule has 0 saturated heterocycles. The fourth-order valence-electron chi connectivity index (χ4n) is 1.95. The second-order valence-electron chi connectivity index (χ2n) is 4.86. The van der Waals surface area contributed by atoms with E-state index in [9.17, 15) is 9.18 Å². The molecule has 1 aromatic heterocycles. The lowest BCUT2D eigenvalue weighted by Crippen LogP contribution is -2.18. The van der Waals surface area contributed by atoms with E-state index >= 15 is 0 Å². The fourth-order valence-corrected chi connectivity index (χ4v) is 2.27. The summed E-state index contributed by atoms with van der Waals surface area (Å²) >= 11 is 3.24. The van der Waals surface area contributed by atoms with E-state index in [0.29, 0.717) is 16.8 Å². The number of amides is 1. The van der Waals surface area contributed by atoms with Crippen molar-refractivity contribution in [1.82, 2.24) is 9.78 Å². The van der Waals surface area contributed by atoms with E-state index in [1.807, 2.05) is 6.92 Å². The highest BCUT2D eigenvalue weighted by molar-refractivity contribution is 9.10. The first-order chi connectivity index (χ1) is 10.9. The van der Waals surface area contributed by atoms with Crippen LogP contribution in [0.15, 0.2) is 22.8 Å². The molecule has 23 heavy (non-hydrogen) atoms. The maximum absolute atomic E-state index is 14.0. The maximum atomic E-state index is 14.0. The van der Waals surface area contributed by atoms with Crippen molar-refractivity contribution in [3.05, 3.63) is 39.9 Å². The summed E-state index contributed by atoms with van der Waals surface area (Å²) in [4.78, 5) is 12.4. The van der Waals surface area contributed by atoms with Gasteiger partial charge in [0.1, 0.15) is 12.4 Å². The van der Waals surface area contributed by atoms with Crippen molar-refractivity contribution in [3.8, 4) is 5.75 Å². The van der Waals surface area contributed by atoms with E-state index in [2.05, 4.69) is 26.3 Å². The molecular weight excluding hydrogens is 369 g/mol. The third kappa shape index (κ3) is 4.08. The molecule has 0 atom stereocenters. The fraction of sp³-hybridized carbons (Fsp3) is 0.333. The van der Waals surface area contributed by atoms with Crippen LogP contribution in [-0.4, -0.2) is 36.0 Å². The topological polar surface area (TPSA) is 65.4 Å². The number of ether oxygens (including phenoxy) is 2. The number of methoxy groups -OCH3 is 1. The van der Waals surface area contributed by atoms with Crippen LogP contribution in [0.4, 0.5) is 10.1 Å². The van der Waals surface area contributed by atoms with Gasteiger partial charge in [-0.05, 0) is 24.6 Å². The molecule has 8 heteroatoms. The lowest BCUT2D eigenvalue weighted by molar-refractivity contribution is 0.100. The van der Waals surface area contributed by atoms with E-state index in [-0.39, 0.29) is 18.0 Å². The normalized spacial score (nSPS) is 10.7. The van der Waals surface area contributed by atoms with Gasteiger partial charge in [-0.2, -0.15) is 5.10 Å². The molecule has 0 spiro atoms. The first kappa shape index (κ1) is 17.4. The Labute approximate surface area is 141 Å². The largest absolute Gasteiger partial charge is 0.487 e. The quantitative estimate of drug-likeness (QED) is 0.776. The van der Waals surface area contributed by atoms with Crippen molar-refractivity contribution in [2.24, 2.45) is 7.05 Å². The van der Waals surface area contributed by atoms with E-state index in [1.54, 1.807) is 20.2 Å². The molecule has 2 aromatic rings. The van der Waals surface area contributed by atoms with Crippen LogP contribution in [0.3, 0.4) is 0 Å². The minimum atomic E-state index is -0.528. The Balaban J connectivity index is 2.21. The number of hydrogen-bond acceptors (Lipinski definition) is 4. The van der Waals surface area contributed by atoms with Gasteiger partial charge in [0.05, 0.1) is 18.5 Å². The Morgan fingerprint density at radius 3 is 2.87 bits per heavy atom. The van der Waals surface area contributed by atoms with Gasteiger partial charge in [0.25, 0.3) is 5.91 Å². The molecule has 2 rings (SSSR count). The van der Waals surface area contributed by atoms with E-state index in [4.69, 9.17) is 9.47 Å². The molecule has 0 aliphatic rings. The Bertz CT molecular complexity index is 718. The Morgan fingerprint density at radius 2 is 2.17 bits per heavy atom. The number of nitrogens with zero attached hydrogens (tertiary/aromatic N) is 2. The lowest BCUT2D eigenvalue weighted by Gasteiger charge is -2.11. The number of aryl methyl sites for hydroxylation is 2. The van der Waals surface area contributed by atoms with Crippen LogP contribution in [0.2, 0.25) is 0 Å². The summed E-state index contributed by atoms with van der Waals surface area (Å²) in [6.07, 6.45) is 1.44. The van der Waals surface area contributed by atoms with Gasteiger partial charge < -0.3 is 14.8 Å². The molecule has 1 aromatic carbocycles. The molecule has 1 N–H and O–H groups in total. The zero-order valence-electron chi connectivity index (χ0n) is 13.0. The zero-order valence-corrected chi connectivity index (χ0v) is 14.6. The van der Waals surface area contributed by atoms with Crippen LogP contribution in [0.25, 0.3) is 0 Å². The average Bonchev–Trinajstić information content (AvgIpc) is 2.86. The number of carbonyl (C=O) groups is 1. The van der Waals surface area contributed by atoms with E-state index < -0.39 is 11.7 Å². The molecule has 1 heterocycles. The standard InChI is InChI=1S/C15H17BrFN3O3/c1-9-6-12(11(17)7-10(9)16)19-15(21)14-13(8-18-20(14)2)23-5-4-22-3/h6-8H,4-5H2,1-3H3,(H,19,21). The van der Waals surface area contributed by atoms with Crippen LogP contribution in [0.5, 0.6) is 5.75 Å². The SMILES string of the molecule is COCCOc1cnn(C)c1C(=O)Nc1cc(C)c(Br)cc1F. The van der Waals surface area contributed by atoms with Crippen LogP contribution >= 0.6 is 15.9 Å². The highest BCUT2D eigenvalue weighted by Gasteiger charge is 2.20. The molecule has 0 fully saturated rings. The summed E-state index contributed by atoms with van der Waals surface area (Å²) < 4.78 is 26.3. The molecule has 0 aliphatic carbocycles.